The van der Waals surface area contributed by atoms with Crippen LogP contribution < -0.4 is 15.4 Å². The summed E-state index contributed by atoms with van der Waals surface area (Å²) in [7, 11) is 0. The molecule has 0 spiro atoms. The van der Waals surface area contributed by atoms with Crippen molar-refractivity contribution >= 4 is 23.2 Å². The quantitative estimate of drug-likeness (QED) is 0.547. The molecule has 1 aromatic heterocycles. The summed E-state index contributed by atoms with van der Waals surface area (Å²) < 4.78 is 5.70. The Morgan fingerprint density at radius 1 is 1.10 bits per heavy atom. The fourth-order valence-corrected chi connectivity index (χ4v) is 4.36. The minimum absolute atomic E-state index is 0.00338. The highest BCUT2D eigenvalue weighted by molar-refractivity contribution is 7.09. The van der Waals surface area contributed by atoms with E-state index in [9.17, 15) is 9.59 Å². The normalized spacial score (nSPS) is 18.6. The second kappa shape index (κ2) is 11.7. The maximum atomic E-state index is 12.7. The number of carbonyl (C=O) groups excluding carboxylic acids is 2. The number of ether oxygens (including phenoxy) is 1. The number of hydrogen-bond acceptors (Lipinski definition) is 5. The van der Waals surface area contributed by atoms with Gasteiger partial charge in [-0.15, -0.1) is 11.3 Å². The highest BCUT2D eigenvalue weighted by Crippen LogP contribution is 2.20. The number of hydrogen-bond donors (Lipinski definition) is 2. The Hall–Kier alpha value is -2.41. The lowest BCUT2D eigenvalue weighted by Crippen LogP contribution is -2.53. The first-order valence-electron chi connectivity index (χ1n) is 10.9. The molecule has 1 aliphatic carbocycles. The van der Waals surface area contributed by atoms with Crippen LogP contribution in [0.1, 0.15) is 73.8 Å². The zero-order valence-electron chi connectivity index (χ0n) is 17.6. The molecule has 2 amide bonds. The number of nitrogens with one attached hydrogen (secondary N) is 2. The molecule has 0 unspecified atom stereocenters. The smallest absolute Gasteiger partial charge is 0.271 e. The molecule has 3 rings (SSSR count). The maximum absolute atomic E-state index is 12.7. The van der Waals surface area contributed by atoms with Crippen molar-refractivity contribution in [2.24, 2.45) is 0 Å². The predicted molar refractivity (Wildman–Crippen MR) is 119 cm³/mol. The molecule has 0 saturated heterocycles. The van der Waals surface area contributed by atoms with Gasteiger partial charge in [0.05, 0.1) is 0 Å². The van der Waals surface area contributed by atoms with Crippen LogP contribution in [0.4, 0.5) is 0 Å². The number of para-hydroxylation sites is 1. The van der Waals surface area contributed by atoms with Gasteiger partial charge in [-0.3, -0.25) is 9.59 Å². The molecule has 7 heteroatoms. The maximum Gasteiger partial charge on any atom is 0.271 e. The van der Waals surface area contributed by atoms with E-state index in [2.05, 4.69) is 22.5 Å². The third-order valence-electron chi connectivity index (χ3n) is 5.33. The number of amides is 2. The van der Waals surface area contributed by atoms with E-state index >= 15 is 0 Å². The Morgan fingerprint density at radius 3 is 2.57 bits per heavy atom. The number of carbonyl (C=O) groups is 2. The third kappa shape index (κ3) is 6.83. The minimum Gasteiger partial charge on any atom is -0.486 e. The van der Waals surface area contributed by atoms with Crippen LogP contribution in [0.2, 0.25) is 0 Å². The lowest BCUT2D eigenvalue weighted by Gasteiger charge is -2.32. The molecule has 1 heterocycles. The second-order valence-electron chi connectivity index (χ2n) is 7.72. The molecular formula is C23H31N3O3S. The summed E-state index contributed by atoms with van der Waals surface area (Å²) in [5.41, 5.74) is 0.408. The standard InChI is InChI=1S/C23H31N3O3S/c1-2-3-5-14-21(27)24-18-12-8-9-13-19(18)26-23(28)20-16-30-22(25-20)15-29-17-10-6-4-7-11-17/h4,6-7,10-11,16,18-19H,2-3,5,8-9,12-15H2,1H3,(H,24,27)(H,26,28)/t18-,19-/m0/s1. The summed E-state index contributed by atoms with van der Waals surface area (Å²) in [6.07, 6.45) is 7.54. The van der Waals surface area contributed by atoms with Crippen LogP contribution in [-0.4, -0.2) is 28.9 Å². The van der Waals surface area contributed by atoms with Crippen molar-refractivity contribution in [1.82, 2.24) is 15.6 Å². The molecule has 0 radical (unpaired) electrons. The van der Waals surface area contributed by atoms with Gasteiger partial charge >= 0.3 is 0 Å². The Labute approximate surface area is 182 Å². The van der Waals surface area contributed by atoms with E-state index in [0.29, 0.717) is 18.7 Å². The molecule has 0 bridgehead atoms. The van der Waals surface area contributed by atoms with Gasteiger partial charge in [0.2, 0.25) is 5.91 Å². The van der Waals surface area contributed by atoms with Gasteiger partial charge in [0.15, 0.2) is 0 Å². The van der Waals surface area contributed by atoms with Crippen LogP contribution in [-0.2, 0) is 11.4 Å². The van der Waals surface area contributed by atoms with Gasteiger partial charge < -0.3 is 15.4 Å². The van der Waals surface area contributed by atoms with E-state index in [0.717, 1.165) is 55.7 Å². The van der Waals surface area contributed by atoms with Crippen molar-refractivity contribution in [1.29, 1.82) is 0 Å². The monoisotopic (exact) mass is 429 g/mol. The second-order valence-corrected chi connectivity index (χ2v) is 8.67. The highest BCUT2D eigenvalue weighted by atomic mass is 32.1. The van der Waals surface area contributed by atoms with Crippen LogP contribution in [0.15, 0.2) is 35.7 Å². The molecule has 1 saturated carbocycles. The molecular weight excluding hydrogens is 398 g/mol. The van der Waals surface area contributed by atoms with E-state index in [1.165, 1.54) is 11.3 Å². The number of rotatable bonds is 10. The SMILES string of the molecule is CCCCCC(=O)N[C@H]1CCCC[C@@H]1NC(=O)c1csc(COc2ccccc2)n1. The summed E-state index contributed by atoms with van der Waals surface area (Å²) in [4.78, 5) is 29.4. The van der Waals surface area contributed by atoms with Crippen molar-refractivity contribution < 1.29 is 14.3 Å². The molecule has 6 nitrogen and oxygen atoms in total. The average molecular weight is 430 g/mol. The van der Waals surface area contributed by atoms with Crippen molar-refractivity contribution in [3.8, 4) is 5.75 Å². The highest BCUT2D eigenvalue weighted by Gasteiger charge is 2.28. The number of thiazole rings is 1. The molecule has 30 heavy (non-hydrogen) atoms. The van der Waals surface area contributed by atoms with Gasteiger partial charge in [-0.1, -0.05) is 50.8 Å². The number of nitrogens with zero attached hydrogens (tertiary/aromatic N) is 1. The number of aromatic nitrogens is 1. The molecule has 1 aliphatic rings. The largest absolute Gasteiger partial charge is 0.486 e. The fraction of sp³-hybridized carbons (Fsp3) is 0.522. The van der Waals surface area contributed by atoms with Crippen molar-refractivity contribution in [3.05, 3.63) is 46.4 Å². The zero-order valence-corrected chi connectivity index (χ0v) is 18.4. The van der Waals surface area contributed by atoms with Crippen LogP contribution in [0.5, 0.6) is 5.75 Å². The Kier molecular flexibility index (Phi) is 8.68. The number of unbranched alkanes of at least 4 members (excludes halogenated alkanes) is 2. The topological polar surface area (TPSA) is 80.3 Å². The Morgan fingerprint density at radius 2 is 1.83 bits per heavy atom. The fourth-order valence-electron chi connectivity index (χ4n) is 3.68. The van der Waals surface area contributed by atoms with Gasteiger partial charge in [-0.05, 0) is 31.4 Å². The molecule has 0 aliphatic heterocycles. The van der Waals surface area contributed by atoms with Gasteiger partial charge in [-0.2, -0.15) is 0 Å². The van der Waals surface area contributed by atoms with Crippen molar-refractivity contribution in [2.75, 3.05) is 0 Å². The molecule has 1 aromatic carbocycles. The van der Waals surface area contributed by atoms with Crippen LogP contribution in [0, 0.1) is 0 Å². The molecule has 1 fully saturated rings. The zero-order chi connectivity index (χ0) is 21.2. The van der Waals surface area contributed by atoms with Gasteiger partial charge in [-0.25, -0.2) is 4.98 Å². The van der Waals surface area contributed by atoms with Crippen LogP contribution in [0.25, 0.3) is 0 Å². The van der Waals surface area contributed by atoms with E-state index < -0.39 is 0 Å². The molecule has 162 valence electrons. The Bertz CT molecular complexity index is 809. The first kappa shape index (κ1) is 22.3. The molecule has 2 N–H and O–H groups in total. The van der Waals surface area contributed by atoms with Crippen molar-refractivity contribution in [2.45, 2.75) is 77.0 Å². The lowest BCUT2D eigenvalue weighted by molar-refractivity contribution is -0.122. The van der Waals surface area contributed by atoms with Crippen LogP contribution in [0.3, 0.4) is 0 Å². The van der Waals surface area contributed by atoms with E-state index in [4.69, 9.17) is 4.74 Å². The van der Waals surface area contributed by atoms with E-state index in [1.54, 1.807) is 5.38 Å². The van der Waals surface area contributed by atoms with E-state index in [1.807, 2.05) is 30.3 Å². The summed E-state index contributed by atoms with van der Waals surface area (Å²) in [5.74, 6) is 0.677. The first-order valence-corrected chi connectivity index (χ1v) is 11.8. The van der Waals surface area contributed by atoms with Crippen molar-refractivity contribution in [3.63, 3.8) is 0 Å². The number of benzene rings is 1. The van der Waals surface area contributed by atoms with Gasteiger partial charge in [0, 0.05) is 23.9 Å². The van der Waals surface area contributed by atoms with Crippen LogP contribution >= 0.6 is 11.3 Å². The molecule has 2 atom stereocenters. The summed E-state index contributed by atoms with van der Waals surface area (Å²) in [6, 6.07) is 9.49. The average Bonchev–Trinajstić information content (AvgIpc) is 3.24. The Balaban J connectivity index is 1.50. The first-order chi connectivity index (χ1) is 14.7. The van der Waals surface area contributed by atoms with Gasteiger partial charge in [0.25, 0.3) is 5.91 Å². The lowest BCUT2D eigenvalue weighted by atomic mass is 9.90. The summed E-state index contributed by atoms with van der Waals surface area (Å²) in [6.45, 7) is 2.46. The molecule has 2 aromatic rings. The van der Waals surface area contributed by atoms with Gasteiger partial charge in [0.1, 0.15) is 23.1 Å². The summed E-state index contributed by atoms with van der Waals surface area (Å²) >= 11 is 1.42. The van der Waals surface area contributed by atoms with E-state index in [-0.39, 0.29) is 23.9 Å². The summed E-state index contributed by atoms with van der Waals surface area (Å²) in [5, 5.41) is 8.75. The minimum atomic E-state index is -0.186. The predicted octanol–water partition coefficient (Wildman–Crippen LogP) is 4.46. The third-order valence-corrected chi connectivity index (χ3v) is 6.15.